The average Bonchev–Trinajstić information content (AvgIpc) is 2.53. The molecule has 1 aliphatic carbocycles. The summed E-state index contributed by atoms with van der Waals surface area (Å²) in [5, 5.41) is 0. The van der Waals surface area contributed by atoms with Gasteiger partial charge in [0.1, 0.15) is 0 Å². The Labute approximate surface area is 101 Å². The van der Waals surface area contributed by atoms with Crippen molar-refractivity contribution in [2.24, 2.45) is 7.05 Å². The third kappa shape index (κ3) is 1.77. The second kappa shape index (κ2) is 4.35. The van der Waals surface area contributed by atoms with Crippen LogP contribution in [0.4, 0.5) is 0 Å². The van der Waals surface area contributed by atoms with E-state index >= 15 is 0 Å². The van der Waals surface area contributed by atoms with Crippen LogP contribution in [0.1, 0.15) is 51.9 Å². The molecule has 0 radical (unpaired) electrons. The number of ether oxygens (including phenoxy) is 1. The number of Topliss-reactive ketones (excluding diaryl/α,β-unsaturated/α-hetero) is 1. The third-order valence-electron chi connectivity index (χ3n) is 3.36. The third-order valence-corrected chi connectivity index (χ3v) is 3.36. The zero-order valence-electron chi connectivity index (χ0n) is 10.5. The van der Waals surface area contributed by atoms with E-state index in [9.17, 15) is 9.59 Å². The quantitative estimate of drug-likeness (QED) is 0.737. The molecule has 4 nitrogen and oxygen atoms in total. The molecule has 2 rings (SSSR count). The van der Waals surface area contributed by atoms with E-state index in [1.165, 1.54) is 0 Å². The zero-order chi connectivity index (χ0) is 12.6. The van der Waals surface area contributed by atoms with Crippen molar-refractivity contribution in [3.63, 3.8) is 0 Å². The summed E-state index contributed by atoms with van der Waals surface area (Å²) in [6, 6.07) is 0. The number of carbonyl (C=O) groups excluding carboxylic acids is 2. The molecule has 0 atom stereocenters. The van der Waals surface area contributed by atoms with Crippen molar-refractivity contribution >= 4 is 11.8 Å². The van der Waals surface area contributed by atoms with Gasteiger partial charge in [0, 0.05) is 19.2 Å². The van der Waals surface area contributed by atoms with Crippen LogP contribution in [0.3, 0.4) is 0 Å². The zero-order valence-corrected chi connectivity index (χ0v) is 10.5. The molecule has 92 valence electrons. The van der Waals surface area contributed by atoms with Crippen molar-refractivity contribution in [1.82, 2.24) is 4.57 Å². The summed E-state index contributed by atoms with van der Waals surface area (Å²) in [5.41, 5.74) is 2.98. The van der Waals surface area contributed by atoms with Crippen LogP contribution in [-0.2, 0) is 18.2 Å². The van der Waals surface area contributed by atoms with Crippen molar-refractivity contribution in [2.45, 2.75) is 33.1 Å². The number of fused-ring (bicyclic) bond motifs is 1. The van der Waals surface area contributed by atoms with E-state index < -0.39 is 0 Å². The lowest BCUT2D eigenvalue weighted by atomic mass is 9.93. The molecule has 0 aromatic carbocycles. The Bertz CT molecular complexity index is 485. The van der Waals surface area contributed by atoms with Gasteiger partial charge in [-0.25, -0.2) is 4.79 Å². The molecule has 0 saturated heterocycles. The van der Waals surface area contributed by atoms with Crippen LogP contribution in [0, 0.1) is 6.92 Å². The largest absolute Gasteiger partial charge is 0.462 e. The van der Waals surface area contributed by atoms with E-state index in [0.29, 0.717) is 24.3 Å². The standard InChI is InChI=1S/C13H17NO3/c1-4-17-13(16)11-8(2)14(3)12-9(11)6-5-7-10(12)15/h4-7H2,1-3H3. The summed E-state index contributed by atoms with van der Waals surface area (Å²) in [5.74, 6) is -0.177. The summed E-state index contributed by atoms with van der Waals surface area (Å²) in [4.78, 5) is 23.8. The molecule has 1 aromatic rings. The van der Waals surface area contributed by atoms with Gasteiger partial charge in [-0.15, -0.1) is 0 Å². The number of carbonyl (C=O) groups is 2. The van der Waals surface area contributed by atoms with Gasteiger partial charge < -0.3 is 9.30 Å². The van der Waals surface area contributed by atoms with Gasteiger partial charge >= 0.3 is 5.97 Å². The van der Waals surface area contributed by atoms with Gasteiger partial charge in [0.25, 0.3) is 0 Å². The van der Waals surface area contributed by atoms with Crippen LogP contribution < -0.4 is 0 Å². The summed E-state index contributed by atoms with van der Waals surface area (Å²) in [6.07, 6.45) is 2.19. The number of rotatable bonds is 2. The van der Waals surface area contributed by atoms with Gasteiger partial charge in [-0.2, -0.15) is 0 Å². The first-order valence-electron chi connectivity index (χ1n) is 5.96. The van der Waals surface area contributed by atoms with Gasteiger partial charge in [-0.3, -0.25) is 4.79 Å². The highest BCUT2D eigenvalue weighted by atomic mass is 16.5. The molecule has 0 N–H and O–H groups in total. The topological polar surface area (TPSA) is 48.3 Å². The number of hydrogen-bond acceptors (Lipinski definition) is 3. The molecular formula is C13H17NO3. The summed E-state index contributed by atoms with van der Waals surface area (Å²) in [6.45, 7) is 4.00. The van der Waals surface area contributed by atoms with E-state index in [1.54, 1.807) is 6.92 Å². The van der Waals surface area contributed by atoms with Crippen molar-refractivity contribution < 1.29 is 14.3 Å². The van der Waals surface area contributed by atoms with E-state index in [1.807, 2.05) is 18.5 Å². The van der Waals surface area contributed by atoms with Crippen molar-refractivity contribution in [3.05, 3.63) is 22.5 Å². The van der Waals surface area contributed by atoms with E-state index in [4.69, 9.17) is 4.74 Å². The Kier molecular flexibility index (Phi) is 3.05. The van der Waals surface area contributed by atoms with E-state index in [2.05, 4.69) is 0 Å². The number of aromatic nitrogens is 1. The summed E-state index contributed by atoms with van der Waals surface area (Å²) in [7, 11) is 1.83. The minimum absolute atomic E-state index is 0.132. The second-order valence-corrected chi connectivity index (χ2v) is 4.34. The SMILES string of the molecule is CCOC(=O)c1c2c(n(C)c1C)C(=O)CCC2. The Morgan fingerprint density at radius 3 is 2.76 bits per heavy atom. The first kappa shape index (κ1) is 11.9. The van der Waals surface area contributed by atoms with Gasteiger partial charge in [0.05, 0.1) is 17.9 Å². The van der Waals surface area contributed by atoms with Gasteiger partial charge in [-0.1, -0.05) is 0 Å². The van der Waals surface area contributed by atoms with Crippen LogP contribution in [0.5, 0.6) is 0 Å². The monoisotopic (exact) mass is 235 g/mol. The van der Waals surface area contributed by atoms with Crippen molar-refractivity contribution in [2.75, 3.05) is 6.61 Å². The average molecular weight is 235 g/mol. The molecule has 0 bridgehead atoms. The molecule has 0 fully saturated rings. The predicted molar refractivity (Wildman–Crippen MR) is 63.4 cm³/mol. The smallest absolute Gasteiger partial charge is 0.340 e. The van der Waals surface area contributed by atoms with Crippen LogP contribution in [0.15, 0.2) is 0 Å². The van der Waals surface area contributed by atoms with Gasteiger partial charge in [0.2, 0.25) is 0 Å². The van der Waals surface area contributed by atoms with Crippen LogP contribution in [0.2, 0.25) is 0 Å². The molecule has 0 saturated carbocycles. The molecule has 1 heterocycles. The molecule has 0 amide bonds. The fraction of sp³-hybridized carbons (Fsp3) is 0.538. The number of hydrogen-bond donors (Lipinski definition) is 0. The number of nitrogens with zero attached hydrogens (tertiary/aromatic N) is 1. The predicted octanol–water partition coefficient (Wildman–Crippen LogP) is 2.03. The minimum atomic E-state index is -0.309. The maximum absolute atomic E-state index is 11.9. The molecule has 17 heavy (non-hydrogen) atoms. The normalized spacial score (nSPS) is 14.6. The second-order valence-electron chi connectivity index (χ2n) is 4.34. The van der Waals surface area contributed by atoms with Gasteiger partial charge in [0.15, 0.2) is 5.78 Å². The summed E-state index contributed by atoms with van der Waals surface area (Å²) >= 11 is 0. The van der Waals surface area contributed by atoms with Crippen molar-refractivity contribution in [3.8, 4) is 0 Å². The highest BCUT2D eigenvalue weighted by Crippen LogP contribution is 2.29. The lowest BCUT2D eigenvalue weighted by Crippen LogP contribution is -2.15. The number of ketones is 1. The van der Waals surface area contributed by atoms with E-state index in [0.717, 1.165) is 24.1 Å². The first-order chi connectivity index (χ1) is 8.07. The van der Waals surface area contributed by atoms with Gasteiger partial charge in [-0.05, 0) is 32.3 Å². The molecule has 0 aliphatic heterocycles. The lowest BCUT2D eigenvalue weighted by Gasteiger charge is -2.12. The fourth-order valence-corrected chi connectivity index (χ4v) is 2.49. The Hall–Kier alpha value is -1.58. The van der Waals surface area contributed by atoms with Crippen molar-refractivity contribution in [1.29, 1.82) is 0 Å². The molecule has 0 unspecified atom stereocenters. The minimum Gasteiger partial charge on any atom is -0.462 e. The van der Waals surface area contributed by atoms with E-state index in [-0.39, 0.29) is 11.8 Å². The molecular weight excluding hydrogens is 218 g/mol. The Morgan fingerprint density at radius 2 is 2.12 bits per heavy atom. The molecule has 1 aromatic heterocycles. The molecule has 0 spiro atoms. The lowest BCUT2D eigenvalue weighted by molar-refractivity contribution is 0.0524. The Balaban J connectivity index is 2.57. The highest BCUT2D eigenvalue weighted by Gasteiger charge is 2.30. The van der Waals surface area contributed by atoms with Crippen LogP contribution in [-0.4, -0.2) is 22.9 Å². The maximum atomic E-state index is 11.9. The summed E-state index contributed by atoms with van der Waals surface area (Å²) < 4.78 is 6.88. The number of esters is 1. The molecule has 1 aliphatic rings. The highest BCUT2D eigenvalue weighted by molar-refractivity contribution is 6.02. The molecule has 4 heteroatoms. The van der Waals surface area contributed by atoms with Crippen LogP contribution >= 0.6 is 0 Å². The Morgan fingerprint density at radius 1 is 1.41 bits per heavy atom. The maximum Gasteiger partial charge on any atom is 0.340 e. The fourth-order valence-electron chi connectivity index (χ4n) is 2.49. The first-order valence-corrected chi connectivity index (χ1v) is 5.96. The van der Waals surface area contributed by atoms with Crippen LogP contribution in [0.25, 0.3) is 0 Å².